The lowest BCUT2D eigenvalue weighted by Gasteiger charge is -2.30. The largest absolute Gasteiger partial charge is 0.483 e. The van der Waals surface area contributed by atoms with Crippen molar-refractivity contribution in [2.45, 2.75) is 70.5 Å². The van der Waals surface area contributed by atoms with Gasteiger partial charge in [-0.1, -0.05) is 88.4 Å². The van der Waals surface area contributed by atoms with Crippen LogP contribution in [0.4, 0.5) is 0 Å². The van der Waals surface area contributed by atoms with Crippen molar-refractivity contribution < 1.29 is 28.9 Å². The molecule has 5 rings (SSSR count). The number of hydrogen-bond acceptors (Lipinski definition) is 9. The van der Waals surface area contributed by atoms with Crippen LogP contribution in [0.3, 0.4) is 0 Å². The fraction of sp³-hybridized carbons (Fsp3) is 0.333. The lowest BCUT2D eigenvalue weighted by molar-refractivity contribution is -0.151. The summed E-state index contributed by atoms with van der Waals surface area (Å²) in [7, 11) is 0. The van der Waals surface area contributed by atoms with Crippen molar-refractivity contribution in [1.29, 1.82) is 0 Å². The van der Waals surface area contributed by atoms with Crippen LogP contribution in [0.25, 0.3) is 0 Å². The van der Waals surface area contributed by atoms with Crippen molar-refractivity contribution >= 4 is 11.7 Å². The van der Waals surface area contributed by atoms with E-state index in [2.05, 4.69) is 27.3 Å². The number of carbonyl (C=O) groups is 1. The molecule has 10 nitrogen and oxygen atoms in total. The summed E-state index contributed by atoms with van der Waals surface area (Å²) >= 11 is 0. The number of aliphatic hydroxyl groups excluding tert-OH is 1. The van der Waals surface area contributed by atoms with Crippen molar-refractivity contribution in [3.63, 3.8) is 0 Å². The molecule has 1 aliphatic heterocycles. The zero-order chi connectivity index (χ0) is 34.4. The van der Waals surface area contributed by atoms with Crippen LogP contribution in [0.5, 0.6) is 5.75 Å². The fourth-order valence-corrected chi connectivity index (χ4v) is 5.01. The maximum Gasteiger partial charge on any atom is 0.306 e. The number of oxime groups is 1. The summed E-state index contributed by atoms with van der Waals surface area (Å²) in [6, 6.07) is 27.1. The van der Waals surface area contributed by atoms with E-state index in [1.54, 1.807) is 17.8 Å². The Hall–Kier alpha value is -5.24. The van der Waals surface area contributed by atoms with Crippen molar-refractivity contribution in [3.8, 4) is 17.6 Å². The summed E-state index contributed by atoms with van der Waals surface area (Å²) in [5, 5.41) is 22.5. The van der Waals surface area contributed by atoms with Crippen molar-refractivity contribution in [1.82, 2.24) is 15.0 Å². The number of benzene rings is 3. The predicted molar refractivity (Wildman–Crippen MR) is 186 cm³/mol. The Morgan fingerprint density at radius 2 is 1.76 bits per heavy atom. The second kappa shape index (κ2) is 17.8. The zero-order valence-electron chi connectivity index (χ0n) is 28.0. The van der Waals surface area contributed by atoms with Crippen LogP contribution in [0.1, 0.15) is 61.2 Å². The molecule has 10 heteroatoms. The van der Waals surface area contributed by atoms with Gasteiger partial charge in [-0.2, -0.15) is 0 Å². The van der Waals surface area contributed by atoms with Gasteiger partial charge in [-0.05, 0) is 75.6 Å². The highest BCUT2D eigenvalue weighted by atomic mass is 16.6. The Labute approximate surface area is 287 Å². The first kappa shape index (κ1) is 35.1. The molecule has 1 N–H and O–H groups in total. The summed E-state index contributed by atoms with van der Waals surface area (Å²) < 4.78 is 19.7. The zero-order valence-corrected chi connectivity index (χ0v) is 28.0. The number of nitrogens with zero attached hydrogens (tertiary/aromatic N) is 4. The van der Waals surface area contributed by atoms with Gasteiger partial charge in [0, 0.05) is 5.56 Å². The first-order chi connectivity index (χ1) is 23.9. The number of ether oxygens (including phenoxy) is 3. The molecule has 254 valence electrons. The van der Waals surface area contributed by atoms with E-state index in [4.69, 9.17) is 19.0 Å². The van der Waals surface area contributed by atoms with Gasteiger partial charge in [0.1, 0.15) is 36.4 Å². The van der Waals surface area contributed by atoms with E-state index in [9.17, 15) is 9.90 Å². The van der Waals surface area contributed by atoms with Gasteiger partial charge in [0.2, 0.25) is 0 Å². The minimum absolute atomic E-state index is 0.00169. The van der Waals surface area contributed by atoms with Crippen LogP contribution in [0.15, 0.2) is 108 Å². The SMILES string of the molecule is C/C(CCC(=O)OC[C@H]1O[C@H](C#Cc2ccccc2)C=C[C@@H]1Oc1ccc(C)cc1)=N\O[C@H](C)c1cn([C@H](CO)Cc2ccccc2)nn1. The van der Waals surface area contributed by atoms with Crippen LogP contribution in [0, 0.1) is 18.8 Å². The van der Waals surface area contributed by atoms with E-state index >= 15 is 0 Å². The standard InChI is InChI=1S/C39H42N4O6/c1-28-14-18-34(19-15-28)47-37-22-21-35(20-17-31-10-6-4-7-11-31)48-38(37)27-46-39(45)23-16-29(2)41-49-30(3)36-25-43(42-40-36)33(26-44)24-32-12-8-5-9-13-32/h4-15,18-19,21-22,25,30,33,35,37-38,44H,16,23-24,26-27H2,1-3H3/b41-29+/t30-,33+,35-,37+,38-/m1/s1. The molecule has 49 heavy (non-hydrogen) atoms. The second-order valence-electron chi connectivity index (χ2n) is 11.9. The first-order valence-electron chi connectivity index (χ1n) is 16.4. The van der Waals surface area contributed by atoms with Gasteiger partial charge in [-0.15, -0.1) is 5.10 Å². The number of rotatable bonds is 14. The highest BCUT2D eigenvalue weighted by molar-refractivity contribution is 5.85. The summed E-state index contributed by atoms with van der Waals surface area (Å²) in [6.07, 6.45) is 4.64. The third-order valence-electron chi connectivity index (χ3n) is 7.90. The molecule has 1 aromatic heterocycles. The average Bonchev–Trinajstić information content (AvgIpc) is 3.63. The minimum Gasteiger partial charge on any atom is -0.483 e. The number of aryl methyl sites for hydroxylation is 1. The highest BCUT2D eigenvalue weighted by Crippen LogP contribution is 2.22. The highest BCUT2D eigenvalue weighted by Gasteiger charge is 2.30. The van der Waals surface area contributed by atoms with Gasteiger partial charge >= 0.3 is 5.97 Å². The molecule has 0 fully saturated rings. The molecule has 0 amide bonds. The Morgan fingerprint density at radius 1 is 1.02 bits per heavy atom. The first-order valence-corrected chi connectivity index (χ1v) is 16.4. The van der Waals surface area contributed by atoms with Crippen molar-refractivity contribution in [3.05, 3.63) is 126 Å². The Balaban J connectivity index is 1.11. The summed E-state index contributed by atoms with van der Waals surface area (Å²) in [5.41, 5.74) is 4.32. The Kier molecular flexibility index (Phi) is 12.7. The number of esters is 1. The summed E-state index contributed by atoms with van der Waals surface area (Å²) in [5.74, 6) is 6.57. The number of hydrogen-bond donors (Lipinski definition) is 1. The maximum absolute atomic E-state index is 12.8. The second-order valence-corrected chi connectivity index (χ2v) is 11.9. The quantitative estimate of drug-likeness (QED) is 0.0578. The molecule has 0 bridgehead atoms. The third-order valence-corrected chi connectivity index (χ3v) is 7.90. The molecule has 5 atom stereocenters. The molecular weight excluding hydrogens is 620 g/mol. The van der Waals surface area contributed by atoms with Gasteiger partial charge < -0.3 is 24.2 Å². The van der Waals surface area contributed by atoms with E-state index in [0.29, 0.717) is 30.0 Å². The molecular formula is C39H42N4O6. The van der Waals surface area contributed by atoms with Crippen LogP contribution in [-0.4, -0.2) is 63.3 Å². The monoisotopic (exact) mass is 662 g/mol. The topological polar surface area (TPSA) is 117 Å². The molecule has 4 aromatic rings. The van der Waals surface area contributed by atoms with Crippen LogP contribution in [0.2, 0.25) is 0 Å². The normalized spacial score (nSPS) is 18.5. The van der Waals surface area contributed by atoms with Gasteiger partial charge in [0.25, 0.3) is 0 Å². The average molecular weight is 663 g/mol. The molecule has 1 aliphatic rings. The Morgan fingerprint density at radius 3 is 2.49 bits per heavy atom. The van der Waals surface area contributed by atoms with Crippen molar-refractivity contribution in [2.24, 2.45) is 5.16 Å². The van der Waals surface area contributed by atoms with E-state index in [0.717, 1.165) is 16.7 Å². The molecule has 0 radical (unpaired) electrons. The van der Waals surface area contributed by atoms with E-state index < -0.39 is 30.4 Å². The molecule has 3 aromatic carbocycles. The van der Waals surface area contributed by atoms with E-state index in [1.807, 2.05) is 111 Å². The smallest absolute Gasteiger partial charge is 0.306 e. The summed E-state index contributed by atoms with van der Waals surface area (Å²) in [4.78, 5) is 18.4. The van der Waals surface area contributed by atoms with Gasteiger partial charge in [-0.25, -0.2) is 4.68 Å². The maximum atomic E-state index is 12.8. The van der Waals surface area contributed by atoms with Gasteiger partial charge in [0.05, 0.1) is 31.0 Å². The van der Waals surface area contributed by atoms with Gasteiger partial charge in [0.15, 0.2) is 6.10 Å². The summed E-state index contributed by atoms with van der Waals surface area (Å²) in [6.45, 7) is 5.54. The number of carbonyl (C=O) groups excluding carboxylic acids is 1. The fourth-order valence-electron chi connectivity index (χ4n) is 5.01. The predicted octanol–water partition coefficient (Wildman–Crippen LogP) is 5.96. The molecule has 0 saturated heterocycles. The molecule has 0 spiro atoms. The lowest BCUT2D eigenvalue weighted by Crippen LogP contribution is -2.42. The molecule has 0 aliphatic carbocycles. The number of aromatic nitrogens is 3. The van der Waals surface area contributed by atoms with Crippen LogP contribution in [-0.2, 0) is 25.5 Å². The molecule has 0 unspecified atom stereocenters. The number of aliphatic hydroxyl groups is 1. The van der Waals surface area contributed by atoms with Crippen LogP contribution >= 0.6 is 0 Å². The van der Waals surface area contributed by atoms with Crippen molar-refractivity contribution in [2.75, 3.05) is 13.2 Å². The van der Waals surface area contributed by atoms with E-state index in [1.165, 1.54) is 0 Å². The molecule has 2 heterocycles. The Bertz CT molecular complexity index is 1740. The lowest BCUT2D eigenvalue weighted by atomic mass is 10.1. The third kappa shape index (κ3) is 10.9. The van der Waals surface area contributed by atoms with E-state index in [-0.39, 0.29) is 25.7 Å². The minimum atomic E-state index is -0.559. The van der Waals surface area contributed by atoms with Gasteiger partial charge in [-0.3, -0.25) is 4.79 Å². The molecule has 0 saturated carbocycles. The van der Waals surface area contributed by atoms with Crippen LogP contribution < -0.4 is 4.74 Å².